The van der Waals surface area contributed by atoms with Gasteiger partial charge in [-0.15, -0.1) is 0 Å². The Bertz CT molecular complexity index is 167. The van der Waals surface area contributed by atoms with Crippen LogP contribution in [-0.2, 0) is 4.74 Å². The standard InChI is InChI=1S/C12H26N2O/c1-4-7-14(10(2)3)11(9-13)12-6-5-8-15-12/h10-12H,4-9,13H2,1-3H3. The lowest BCUT2D eigenvalue weighted by atomic mass is 10.0. The molecule has 1 saturated heterocycles. The van der Waals surface area contributed by atoms with E-state index in [-0.39, 0.29) is 0 Å². The van der Waals surface area contributed by atoms with Crippen LogP contribution < -0.4 is 5.73 Å². The quantitative estimate of drug-likeness (QED) is 0.730. The van der Waals surface area contributed by atoms with Crippen molar-refractivity contribution in [2.45, 2.75) is 58.2 Å². The molecule has 1 aliphatic heterocycles. The molecule has 0 bridgehead atoms. The zero-order valence-corrected chi connectivity index (χ0v) is 10.4. The van der Waals surface area contributed by atoms with Crippen LogP contribution >= 0.6 is 0 Å². The molecule has 0 amide bonds. The number of rotatable bonds is 6. The third-order valence-electron chi connectivity index (χ3n) is 3.21. The highest BCUT2D eigenvalue weighted by molar-refractivity contribution is 4.85. The summed E-state index contributed by atoms with van der Waals surface area (Å²) in [6.45, 7) is 9.46. The molecule has 15 heavy (non-hydrogen) atoms. The van der Waals surface area contributed by atoms with Crippen LogP contribution in [0.15, 0.2) is 0 Å². The van der Waals surface area contributed by atoms with Crippen LogP contribution in [0.4, 0.5) is 0 Å². The minimum absolute atomic E-state index is 0.365. The summed E-state index contributed by atoms with van der Waals surface area (Å²) in [4.78, 5) is 2.50. The van der Waals surface area contributed by atoms with Gasteiger partial charge in [0.05, 0.1) is 6.10 Å². The lowest BCUT2D eigenvalue weighted by molar-refractivity contribution is 0.0143. The van der Waals surface area contributed by atoms with Gasteiger partial charge in [0.15, 0.2) is 0 Å². The van der Waals surface area contributed by atoms with Crippen LogP contribution in [0.1, 0.15) is 40.0 Å². The molecule has 0 saturated carbocycles. The Balaban J connectivity index is 2.59. The lowest BCUT2D eigenvalue weighted by Gasteiger charge is -2.37. The highest BCUT2D eigenvalue weighted by Crippen LogP contribution is 2.21. The molecule has 0 aromatic heterocycles. The molecule has 1 rings (SSSR count). The second-order valence-electron chi connectivity index (χ2n) is 4.69. The van der Waals surface area contributed by atoms with E-state index in [1.54, 1.807) is 0 Å². The van der Waals surface area contributed by atoms with Crippen molar-refractivity contribution in [3.8, 4) is 0 Å². The number of ether oxygens (including phenoxy) is 1. The summed E-state index contributed by atoms with van der Waals surface area (Å²) >= 11 is 0. The van der Waals surface area contributed by atoms with Crippen molar-refractivity contribution >= 4 is 0 Å². The van der Waals surface area contributed by atoms with Crippen molar-refractivity contribution in [1.29, 1.82) is 0 Å². The number of hydrogen-bond donors (Lipinski definition) is 1. The van der Waals surface area contributed by atoms with Crippen LogP contribution in [0.25, 0.3) is 0 Å². The van der Waals surface area contributed by atoms with E-state index in [1.165, 1.54) is 19.3 Å². The largest absolute Gasteiger partial charge is 0.377 e. The van der Waals surface area contributed by atoms with Crippen molar-refractivity contribution in [2.24, 2.45) is 5.73 Å². The van der Waals surface area contributed by atoms with Crippen molar-refractivity contribution < 1.29 is 4.74 Å². The first-order valence-corrected chi connectivity index (χ1v) is 6.28. The summed E-state index contributed by atoms with van der Waals surface area (Å²) < 4.78 is 5.76. The van der Waals surface area contributed by atoms with Crippen LogP contribution in [0.2, 0.25) is 0 Å². The first-order chi connectivity index (χ1) is 7.20. The van der Waals surface area contributed by atoms with Crippen LogP contribution in [0.5, 0.6) is 0 Å². The zero-order chi connectivity index (χ0) is 11.3. The molecule has 2 atom stereocenters. The SMILES string of the molecule is CCCN(C(C)C)C(CN)C1CCCO1. The van der Waals surface area contributed by atoms with Gasteiger partial charge in [-0.3, -0.25) is 4.90 Å². The lowest BCUT2D eigenvalue weighted by Crippen LogP contribution is -2.51. The highest BCUT2D eigenvalue weighted by atomic mass is 16.5. The Morgan fingerprint density at radius 3 is 2.60 bits per heavy atom. The van der Waals surface area contributed by atoms with Crippen LogP contribution in [-0.4, -0.2) is 42.8 Å². The third-order valence-corrected chi connectivity index (χ3v) is 3.21. The Labute approximate surface area is 94.0 Å². The summed E-state index contributed by atoms with van der Waals surface area (Å²) in [5.41, 5.74) is 5.90. The summed E-state index contributed by atoms with van der Waals surface area (Å²) in [5, 5.41) is 0. The van der Waals surface area contributed by atoms with E-state index in [4.69, 9.17) is 10.5 Å². The first-order valence-electron chi connectivity index (χ1n) is 6.28. The van der Waals surface area contributed by atoms with Gasteiger partial charge in [-0.2, -0.15) is 0 Å². The van der Waals surface area contributed by atoms with Gasteiger partial charge in [-0.05, 0) is 39.7 Å². The molecule has 1 fully saturated rings. The van der Waals surface area contributed by atoms with Crippen molar-refractivity contribution in [2.75, 3.05) is 19.7 Å². The molecule has 3 heteroatoms. The maximum absolute atomic E-state index is 5.90. The summed E-state index contributed by atoms with van der Waals surface area (Å²) in [6, 6.07) is 0.968. The summed E-state index contributed by atoms with van der Waals surface area (Å²) in [7, 11) is 0. The molecule has 0 aromatic rings. The van der Waals surface area contributed by atoms with Crippen LogP contribution in [0, 0.1) is 0 Å². The fraction of sp³-hybridized carbons (Fsp3) is 1.00. The van der Waals surface area contributed by atoms with E-state index in [0.717, 1.165) is 13.2 Å². The Morgan fingerprint density at radius 1 is 1.47 bits per heavy atom. The maximum atomic E-state index is 5.90. The van der Waals surface area contributed by atoms with E-state index in [2.05, 4.69) is 25.7 Å². The van der Waals surface area contributed by atoms with Crippen LogP contribution in [0.3, 0.4) is 0 Å². The fourth-order valence-corrected chi connectivity index (χ4v) is 2.47. The normalized spacial score (nSPS) is 24.0. The minimum Gasteiger partial charge on any atom is -0.377 e. The van der Waals surface area contributed by atoms with Gasteiger partial charge in [0.25, 0.3) is 0 Å². The van der Waals surface area contributed by atoms with Gasteiger partial charge >= 0.3 is 0 Å². The van der Waals surface area contributed by atoms with E-state index in [0.29, 0.717) is 24.7 Å². The first kappa shape index (κ1) is 12.9. The molecule has 0 spiro atoms. The second kappa shape index (κ2) is 6.46. The number of hydrogen-bond acceptors (Lipinski definition) is 3. The highest BCUT2D eigenvalue weighted by Gasteiger charge is 2.30. The smallest absolute Gasteiger partial charge is 0.0743 e. The van der Waals surface area contributed by atoms with Gasteiger partial charge in [0.2, 0.25) is 0 Å². The third kappa shape index (κ3) is 3.44. The maximum Gasteiger partial charge on any atom is 0.0743 e. The number of nitrogens with two attached hydrogens (primary N) is 1. The predicted octanol–water partition coefficient (Wildman–Crippen LogP) is 1.61. The summed E-state index contributed by atoms with van der Waals surface area (Å²) in [6.07, 6.45) is 3.92. The Morgan fingerprint density at radius 2 is 2.20 bits per heavy atom. The van der Waals surface area contributed by atoms with E-state index < -0.39 is 0 Å². The van der Waals surface area contributed by atoms with Crippen molar-refractivity contribution in [3.63, 3.8) is 0 Å². The summed E-state index contributed by atoms with van der Waals surface area (Å²) in [5.74, 6) is 0. The van der Waals surface area contributed by atoms with Gasteiger partial charge in [-0.25, -0.2) is 0 Å². The van der Waals surface area contributed by atoms with Crippen molar-refractivity contribution in [1.82, 2.24) is 4.90 Å². The second-order valence-corrected chi connectivity index (χ2v) is 4.69. The molecule has 1 heterocycles. The molecular formula is C12H26N2O. The Hall–Kier alpha value is -0.120. The average Bonchev–Trinajstić information content (AvgIpc) is 2.71. The van der Waals surface area contributed by atoms with Gasteiger partial charge in [0.1, 0.15) is 0 Å². The minimum atomic E-state index is 0.365. The van der Waals surface area contributed by atoms with Crippen molar-refractivity contribution in [3.05, 3.63) is 0 Å². The molecule has 0 aliphatic carbocycles. The van der Waals surface area contributed by atoms with Gasteiger partial charge in [0, 0.05) is 25.2 Å². The fourth-order valence-electron chi connectivity index (χ4n) is 2.47. The molecule has 0 aromatic carbocycles. The molecule has 1 aliphatic rings. The molecule has 2 unspecified atom stereocenters. The Kier molecular flexibility index (Phi) is 5.58. The molecule has 2 N–H and O–H groups in total. The molecular weight excluding hydrogens is 188 g/mol. The molecule has 3 nitrogen and oxygen atoms in total. The molecule has 90 valence electrons. The van der Waals surface area contributed by atoms with E-state index >= 15 is 0 Å². The number of nitrogens with zero attached hydrogens (tertiary/aromatic N) is 1. The van der Waals surface area contributed by atoms with E-state index in [9.17, 15) is 0 Å². The van der Waals surface area contributed by atoms with E-state index in [1.807, 2.05) is 0 Å². The zero-order valence-electron chi connectivity index (χ0n) is 10.4. The molecule has 0 radical (unpaired) electrons. The monoisotopic (exact) mass is 214 g/mol. The van der Waals surface area contributed by atoms with Gasteiger partial charge in [-0.1, -0.05) is 6.92 Å². The predicted molar refractivity (Wildman–Crippen MR) is 63.9 cm³/mol. The topological polar surface area (TPSA) is 38.5 Å². The van der Waals surface area contributed by atoms with Gasteiger partial charge < -0.3 is 10.5 Å². The average molecular weight is 214 g/mol.